The number of amides is 2. The largest absolute Gasteiger partial charge is 0.466 e. The molecule has 158 valence electrons. The fourth-order valence-corrected chi connectivity index (χ4v) is 3.66. The van der Waals surface area contributed by atoms with E-state index < -0.39 is 0 Å². The van der Waals surface area contributed by atoms with Gasteiger partial charge in [-0.3, -0.25) is 14.4 Å². The molecular weight excluding hydrogens is 380 g/mol. The summed E-state index contributed by atoms with van der Waals surface area (Å²) in [7, 11) is 1.64. The summed E-state index contributed by atoms with van der Waals surface area (Å²) in [6.45, 7) is 3.20. The molecule has 0 unspecified atom stereocenters. The van der Waals surface area contributed by atoms with Gasteiger partial charge >= 0.3 is 5.97 Å². The molecule has 0 radical (unpaired) electrons. The Morgan fingerprint density at radius 2 is 1.57 bits per heavy atom. The Labute approximate surface area is 177 Å². The van der Waals surface area contributed by atoms with Gasteiger partial charge in [-0.05, 0) is 43.0 Å². The summed E-state index contributed by atoms with van der Waals surface area (Å²) in [5, 5.41) is 0. The van der Waals surface area contributed by atoms with Gasteiger partial charge in [-0.2, -0.15) is 0 Å². The Bertz CT molecular complexity index is 872. The summed E-state index contributed by atoms with van der Waals surface area (Å²) in [6, 6.07) is 17.4. The fraction of sp³-hybridized carbons (Fsp3) is 0.375. The highest BCUT2D eigenvalue weighted by Crippen LogP contribution is 2.21. The van der Waals surface area contributed by atoms with E-state index in [2.05, 4.69) is 0 Å². The van der Waals surface area contributed by atoms with Crippen molar-refractivity contribution in [2.75, 3.05) is 33.3 Å². The number of carbonyl (C=O) groups excluding carboxylic acids is 3. The van der Waals surface area contributed by atoms with Gasteiger partial charge in [-0.15, -0.1) is 0 Å². The maximum atomic E-state index is 12.7. The molecule has 0 aromatic heterocycles. The summed E-state index contributed by atoms with van der Waals surface area (Å²) in [4.78, 5) is 40.3. The number of ether oxygens (including phenoxy) is 1. The first kappa shape index (κ1) is 21.6. The second-order valence-electron chi connectivity index (χ2n) is 7.51. The van der Waals surface area contributed by atoms with Crippen molar-refractivity contribution >= 4 is 17.8 Å². The molecular formula is C24H28N2O4. The number of likely N-dealkylation sites (N-methyl/N-ethyl adjacent to an activating group) is 1. The molecule has 1 saturated heterocycles. The Balaban J connectivity index is 1.53. The summed E-state index contributed by atoms with van der Waals surface area (Å²) < 4.78 is 5.06. The SMILES string of the molecule is CCOC(=O)C1CCN(C(=O)CN(C)C(=O)c2ccc(-c3ccccc3)cc2)CC1. The van der Waals surface area contributed by atoms with Crippen molar-refractivity contribution in [1.29, 1.82) is 0 Å². The Kier molecular flexibility index (Phi) is 7.22. The van der Waals surface area contributed by atoms with Crippen molar-refractivity contribution in [1.82, 2.24) is 9.80 Å². The molecule has 0 saturated carbocycles. The molecule has 0 atom stereocenters. The molecule has 2 aromatic rings. The van der Waals surface area contributed by atoms with Gasteiger partial charge in [0.15, 0.2) is 0 Å². The van der Waals surface area contributed by atoms with Crippen LogP contribution in [0.1, 0.15) is 30.1 Å². The van der Waals surface area contributed by atoms with E-state index in [1.165, 1.54) is 4.90 Å². The fourth-order valence-electron chi connectivity index (χ4n) is 3.66. The van der Waals surface area contributed by atoms with Crippen LogP contribution in [0.4, 0.5) is 0 Å². The Morgan fingerprint density at radius 1 is 0.967 bits per heavy atom. The Morgan fingerprint density at radius 3 is 2.17 bits per heavy atom. The van der Waals surface area contributed by atoms with Crippen LogP contribution in [0.15, 0.2) is 54.6 Å². The molecule has 0 bridgehead atoms. The van der Waals surface area contributed by atoms with Crippen molar-refractivity contribution in [3.05, 3.63) is 60.2 Å². The molecule has 2 amide bonds. The minimum absolute atomic E-state index is 0.0172. The number of benzene rings is 2. The molecule has 0 spiro atoms. The van der Waals surface area contributed by atoms with E-state index in [4.69, 9.17) is 4.74 Å². The molecule has 3 rings (SSSR count). The van der Waals surface area contributed by atoms with Gasteiger partial charge in [-0.1, -0.05) is 42.5 Å². The van der Waals surface area contributed by atoms with Gasteiger partial charge in [0.1, 0.15) is 0 Å². The maximum Gasteiger partial charge on any atom is 0.309 e. The van der Waals surface area contributed by atoms with Crippen molar-refractivity contribution in [2.24, 2.45) is 5.92 Å². The van der Waals surface area contributed by atoms with Gasteiger partial charge in [0.05, 0.1) is 19.1 Å². The molecule has 1 aliphatic heterocycles. The van der Waals surface area contributed by atoms with Gasteiger partial charge < -0.3 is 14.5 Å². The number of piperidine rings is 1. The standard InChI is InChI=1S/C24H28N2O4/c1-3-30-24(29)21-13-15-26(16-14-21)22(27)17-25(2)23(28)20-11-9-19(10-12-20)18-7-5-4-6-8-18/h4-12,21H,3,13-17H2,1-2H3. The van der Waals surface area contributed by atoms with Crippen molar-refractivity contribution in [2.45, 2.75) is 19.8 Å². The van der Waals surface area contributed by atoms with E-state index in [-0.39, 0.29) is 30.2 Å². The third-order valence-electron chi connectivity index (χ3n) is 5.43. The van der Waals surface area contributed by atoms with Crippen LogP contribution in [0.5, 0.6) is 0 Å². The number of esters is 1. The average Bonchev–Trinajstić information content (AvgIpc) is 2.79. The number of hydrogen-bond donors (Lipinski definition) is 0. The van der Waals surface area contributed by atoms with E-state index in [9.17, 15) is 14.4 Å². The highest BCUT2D eigenvalue weighted by molar-refractivity contribution is 5.96. The zero-order chi connectivity index (χ0) is 21.5. The molecule has 6 heteroatoms. The van der Waals surface area contributed by atoms with E-state index >= 15 is 0 Å². The summed E-state index contributed by atoms with van der Waals surface area (Å²) in [5.74, 6) is -0.620. The lowest BCUT2D eigenvalue weighted by Crippen LogP contribution is -2.45. The first-order valence-corrected chi connectivity index (χ1v) is 10.3. The van der Waals surface area contributed by atoms with E-state index in [0.717, 1.165) is 11.1 Å². The number of carbonyl (C=O) groups is 3. The van der Waals surface area contributed by atoms with Crippen LogP contribution in [0.2, 0.25) is 0 Å². The molecule has 0 N–H and O–H groups in total. The predicted molar refractivity (Wildman–Crippen MR) is 115 cm³/mol. The van der Waals surface area contributed by atoms with Gasteiger partial charge in [0.2, 0.25) is 5.91 Å². The van der Waals surface area contributed by atoms with Crippen LogP contribution < -0.4 is 0 Å². The lowest BCUT2D eigenvalue weighted by atomic mass is 9.97. The van der Waals surface area contributed by atoms with Crippen LogP contribution in [0.25, 0.3) is 11.1 Å². The van der Waals surface area contributed by atoms with Crippen molar-refractivity contribution < 1.29 is 19.1 Å². The van der Waals surface area contributed by atoms with E-state index in [1.54, 1.807) is 31.0 Å². The predicted octanol–water partition coefficient (Wildman–Crippen LogP) is 3.23. The first-order valence-electron chi connectivity index (χ1n) is 10.3. The third kappa shape index (κ3) is 5.26. The number of hydrogen-bond acceptors (Lipinski definition) is 4. The Hall–Kier alpha value is -3.15. The number of nitrogens with zero attached hydrogens (tertiary/aromatic N) is 2. The summed E-state index contributed by atoms with van der Waals surface area (Å²) in [5.41, 5.74) is 2.67. The smallest absolute Gasteiger partial charge is 0.309 e. The topological polar surface area (TPSA) is 66.9 Å². The average molecular weight is 408 g/mol. The molecule has 1 aliphatic rings. The minimum Gasteiger partial charge on any atom is -0.466 e. The van der Waals surface area contributed by atoms with E-state index in [1.807, 2.05) is 42.5 Å². The first-order chi connectivity index (χ1) is 14.5. The van der Waals surface area contributed by atoms with Gasteiger partial charge in [-0.25, -0.2) is 0 Å². The van der Waals surface area contributed by atoms with Crippen LogP contribution in [0, 0.1) is 5.92 Å². The molecule has 6 nitrogen and oxygen atoms in total. The maximum absolute atomic E-state index is 12.7. The zero-order valence-electron chi connectivity index (χ0n) is 17.5. The minimum atomic E-state index is -0.190. The van der Waals surface area contributed by atoms with E-state index in [0.29, 0.717) is 38.1 Å². The number of likely N-dealkylation sites (tertiary alicyclic amines) is 1. The normalized spacial score (nSPS) is 14.3. The summed E-state index contributed by atoms with van der Waals surface area (Å²) >= 11 is 0. The molecule has 1 fully saturated rings. The lowest BCUT2D eigenvalue weighted by molar-refractivity contribution is -0.151. The lowest BCUT2D eigenvalue weighted by Gasteiger charge is -2.32. The summed E-state index contributed by atoms with van der Waals surface area (Å²) in [6.07, 6.45) is 1.20. The van der Waals surface area contributed by atoms with Crippen LogP contribution in [-0.4, -0.2) is 60.9 Å². The quantitative estimate of drug-likeness (QED) is 0.689. The molecule has 30 heavy (non-hydrogen) atoms. The van der Waals surface area contributed by atoms with Crippen molar-refractivity contribution in [3.8, 4) is 11.1 Å². The highest BCUT2D eigenvalue weighted by atomic mass is 16.5. The molecule has 1 heterocycles. The van der Waals surface area contributed by atoms with Gasteiger partial charge in [0, 0.05) is 25.7 Å². The van der Waals surface area contributed by atoms with Crippen LogP contribution >= 0.6 is 0 Å². The second kappa shape index (κ2) is 10.1. The zero-order valence-corrected chi connectivity index (χ0v) is 17.5. The molecule has 2 aromatic carbocycles. The number of rotatable bonds is 6. The molecule has 0 aliphatic carbocycles. The van der Waals surface area contributed by atoms with Crippen LogP contribution in [0.3, 0.4) is 0 Å². The van der Waals surface area contributed by atoms with Crippen LogP contribution in [-0.2, 0) is 14.3 Å². The third-order valence-corrected chi connectivity index (χ3v) is 5.43. The monoisotopic (exact) mass is 408 g/mol. The van der Waals surface area contributed by atoms with Gasteiger partial charge in [0.25, 0.3) is 5.91 Å². The second-order valence-corrected chi connectivity index (χ2v) is 7.51. The van der Waals surface area contributed by atoms with Crippen molar-refractivity contribution in [3.63, 3.8) is 0 Å². The highest BCUT2D eigenvalue weighted by Gasteiger charge is 2.29.